The first kappa shape index (κ1) is 18.4. The molecular formula is C16H26N4O4. The maximum atomic E-state index is 12.7. The Hall–Kier alpha value is -1.93. The van der Waals surface area contributed by atoms with Crippen LogP contribution in [0.2, 0.25) is 0 Å². The summed E-state index contributed by atoms with van der Waals surface area (Å²) in [5, 5.41) is 0. The van der Waals surface area contributed by atoms with Crippen LogP contribution in [0, 0.1) is 0 Å². The number of carbonyl (C=O) groups excluding carboxylic acids is 1. The van der Waals surface area contributed by atoms with E-state index >= 15 is 0 Å². The number of morpholine rings is 1. The molecular weight excluding hydrogens is 312 g/mol. The predicted molar refractivity (Wildman–Crippen MR) is 91.4 cm³/mol. The van der Waals surface area contributed by atoms with Gasteiger partial charge in [-0.15, -0.1) is 0 Å². The van der Waals surface area contributed by atoms with Crippen LogP contribution in [-0.4, -0.2) is 51.7 Å². The van der Waals surface area contributed by atoms with E-state index in [4.69, 9.17) is 10.5 Å². The van der Waals surface area contributed by atoms with Gasteiger partial charge < -0.3 is 10.5 Å². The van der Waals surface area contributed by atoms with Gasteiger partial charge in [0.05, 0.1) is 18.8 Å². The second-order valence-corrected chi connectivity index (χ2v) is 6.43. The third kappa shape index (κ3) is 3.59. The van der Waals surface area contributed by atoms with E-state index in [0.717, 1.165) is 4.57 Å². The lowest BCUT2D eigenvalue weighted by Crippen LogP contribution is -2.49. The van der Waals surface area contributed by atoms with Gasteiger partial charge in [-0.25, -0.2) is 4.79 Å². The quantitative estimate of drug-likeness (QED) is 0.749. The summed E-state index contributed by atoms with van der Waals surface area (Å²) < 4.78 is 7.89. The normalized spacial score (nSPS) is 21.8. The lowest BCUT2D eigenvalue weighted by Gasteiger charge is -2.34. The summed E-state index contributed by atoms with van der Waals surface area (Å²) >= 11 is 0. The van der Waals surface area contributed by atoms with Crippen LogP contribution < -0.4 is 17.0 Å². The fourth-order valence-corrected chi connectivity index (χ4v) is 3.18. The van der Waals surface area contributed by atoms with Gasteiger partial charge in [-0.2, -0.15) is 0 Å². The minimum atomic E-state index is -0.635. The van der Waals surface area contributed by atoms with Crippen molar-refractivity contribution in [3.05, 3.63) is 26.4 Å². The number of nitrogens with zero attached hydrogens (tertiary/aromatic N) is 3. The lowest BCUT2D eigenvalue weighted by atomic mass is 10.1. The Bertz CT molecular complexity index is 727. The van der Waals surface area contributed by atoms with Gasteiger partial charge in [0.25, 0.3) is 5.56 Å². The van der Waals surface area contributed by atoms with Gasteiger partial charge in [0, 0.05) is 26.7 Å². The number of Topliss-reactive ketones (excluding diaryl/α,β-unsaturated/α-hetero) is 1. The average Bonchev–Trinajstić information content (AvgIpc) is 2.48. The van der Waals surface area contributed by atoms with Crippen LogP contribution in [0.25, 0.3) is 0 Å². The summed E-state index contributed by atoms with van der Waals surface area (Å²) in [6, 6.07) is 0. The Morgan fingerprint density at radius 3 is 2.38 bits per heavy atom. The van der Waals surface area contributed by atoms with Crippen LogP contribution in [0.5, 0.6) is 0 Å². The molecule has 0 aromatic carbocycles. The molecule has 8 heteroatoms. The Morgan fingerprint density at radius 2 is 1.83 bits per heavy atom. The van der Waals surface area contributed by atoms with E-state index in [1.807, 2.05) is 25.7 Å². The number of nitrogen functional groups attached to an aromatic ring is 1. The fraction of sp³-hybridized carbons (Fsp3) is 0.688. The minimum Gasteiger partial charge on any atom is -0.384 e. The summed E-state index contributed by atoms with van der Waals surface area (Å²) in [6.07, 6.45) is 0.723. The van der Waals surface area contributed by atoms with Crippen LogP contribution in [0.15, 0.2) is 9.59 Å². The third-order valence-corrected chi connectivity index (χ3v) is 4.17. The first-order valence-corrected chi connectivity index (χ1v) is 8.26. The standard InChI is InChI=1S/C16H26N4O4/c1-5-6-20-14(17)13(15(22)18(4)16(20)23)12(21)9-19-7-10(2)24-11(3)8-19/h10-11H,5-9,17H2,1-4H3/t10-,11+. The number of nitrogens with two attached hydrogens (primary N) is 1. The molecule has 1 aliphatic rings. The molecule has 2 N–H and O–H groups in total. The largest absolute Gasteiger partial charge is 0.384 e. The van der Waals surface area contributed by atoms with Crippen molar-refractivity contribution < 1.29 is 9.53 Å². The fourth-order valence-electron chi connectivity index (χ4n) is 3.18. The number of hydrogen-bond donors (Lipinski definition) is 1. The zero-order valence-corrected chi connectivity index (χ0v) is 14.7. The highest BCUT2D eigenvalue weighted by molar-refractivity contribution is 6.01. The predicted octanol–water partition coefficient (Wildman–Crippen LogP) is -0.169. The summed E-state index contributed by atoms with van der Waals surface area (Å²) in [4.78, 5) is 39.2. The Labute approximate surface area is 140 Å². The molecule has 1 fully saturated rings. The first-order chi connectivity index (χ1) is 11.3. The number of hydrogen-bond acceptors (Lipinski definition) is 6. The number of ketones is 1. The molecule has 0 spiro atoms. The van der Waals surface area contributed by atoms with Gasteiger partial charge in [-0.1, -0.05) is 6.92 Å². The van der Waals surface area contributed by atoms with Crippen molar-refractivity contribution in [2.24, 2.45) is 7.05 Å². The van der Waals surface area contributed by atoms with Crippen LogP contribution in [0.1, 0.15) is 37.6 Å². The van der Waals surface area contributed by atoms with Gasteiger partial charge in [0.15, 0.2) is 5.78 Å². The lowest BCUT2D eigenvalue weighted by molar-refractivity contribution is -0.0652. The summed E-state index contributed by atoms with van der Waals surface area (Å²) in [6.45, 7) is 7.47. The number of carbonyl (C=O) groups is 1. The van der Waals surface area contributed by atoms with Gasteiger partial charge in [-0.05, 0) is 20.3 Å². The zero-order chi connectivity index (χ0) is 18.0. The topological polar surface area (TPSA) is 99.6 Å². The molecule has 1 aliphatic heterocycles. The van der Waals surface area contributed by atoms with Gasteiger partial charge in [0.1, 0.15) is 11.4 Å². The second kappa shape index (κ2) is 7.31. The molecule has 0 bridgehead atoms. The summed E-state index contributed by atoms with van der Waals surface area (Å²) in [7, 11) is 1.37. The Kier molecular flexibility index (Phi) is 5.61. The van der Waals surface area contributed by atoms with Crippen molar-refractivity contribution in [3.8, 4) is 0 Å². The monoisotopic (exact) mass is 338 g/mol. The summed E-state index contributed by atoms with van der Waals surface area (Å²) in [5.74, 6) is -0.399. The Balaban J connectivity index is 2.35. The number of rotatable bonds is 5. The van der Waals surface area contributed by atoms with Crippen molar-refractivity contribution >= 4 is 11.6 Å². The van der Waals surface area contributed by atoms with Crippen LogP contribution in [-0.2, 0) is 18.3 Å². The SMILES string of the molecule is CCCn1c(N)c(C(=O)CN2C[C@@H](C)O[C@@H](C)C2)c(=O)n(C)c1=O. The second-order valence-electron chi connectivity index (χ2n) is 6.43. The average molecular weight is 338 g/mol. The first-order valence-electron chi connectivity index (χ1n) is 8.26. The molecule has 1 aromatic rings. The van der Waals surface area contributed by atoms with E-state index in [2.05, 4.69) is 0 Å². The van der Waals surface area contributed by atoms with Gasteiger partial charge in [0.2, 0.25) is 0 Å². The third-order valence-electron chi connectivity index (χ3n) is 4.17. The van der Waals surface area contributed by atoms with Crippen molar-refractivity contribution in [3.63, 3.8) is 0 Å². The number of ether oxygens (including phenoxy) is 1. The van der Waals surface area contributed by atoms with E-state index in [1.165, 1.54) is 11.6 Å². The van der Waals surface area contributed by atoms with Crippen LogP contribution >= 0.6 is 0 Å². The van der Waals surface area contributed by atoms with Crippen molar-refractivity contribution in [2.75, 3.05) is 25.4 Å². The van der Waals surface area contributed by atoms with E-state index in [9.17, 15) is 14.4 Å². The maximum Gasteiger partial charge on any atom is 0.332 e. The molecule has 24 heavy (non-hydrogen) atoms. The molecule has 134 valence electrons. The zero-order valence-electron chi connectivity index (χ0n) is 14.7. The summed E-state index contributed by atoms with van der Waals surface area (Å²) in [5.41, 5.74) is 4.76. The minimum absolute atomic E-state index is 0.0239. The molecule has 2 heterocycles. The highest BCUT2D eigenvalue weighted by atomic mass is 16.5. The van der Waals surface area contributed by atoms with Crippen molar-refractivity contribution in [1.29, 1.82) is 0 Å². The van der Waals surface area contributed by atoms with Crippen molar-refractivity contribution in [1.82, 2.24) is 14.0 Å². The Morgan fingerprint density at radius 1 is 1.25 bits per heavy atom. The highest BCUT2D eigenvalue weighted by Gasteiger charge is 2.27. The number of anilines is 1. The molecule has 8 nitrogen and oxygen atoms in total. The molecule has 2 atom stereocenters. The van der Waals surface area contributed by atoms with Gasteiger partial charge in [-0.3, -0.25) is 23.6 Å². The molecule has 1 aromatic heterocycles. The molecule has 0 unspecified atom stereocenters. The maximum absolute atomic E-state index is 12.7. The smallest absolute Gasteiger partial charge is 0.332 e. The van der Waals surface area contributed by atoms with Gasteiger partial charge >= 0.3 is 5.69 Å². The van der Waals surface area contributed by atoms with Crippen LogP contribution in [0.4, 0.5) is 5.82 Å². The molecule has 0 amide bonds. The molecule has 0 radical (unpaired) electrons. The number of aromatic nitrogens is 2. The van der Waals surface area contributed by atoms with E-state index in [0.29, 0.717) is 26.1 Å². The molecule has 0 saturated carbocycles. The molecule has 1 saturated heterocycles. The van der Waals surface area contributed by atoms with E-state index in [-0.39, 0.29) is 35.9 Å². The molecule has 2 rings (SSSR count). The molecule has 0 aliphatic carbocycles. The van der Waals surface area contributed by atoms with E-state index < -0.39 is 11.2 Å². The highest BCUT2D eigenvalue weighted by Crippen LogP contribution is 2.13. The van der Waals surface area contributed by atoms with Crippen LogP contribution in [0.3, 0.4) is 0 Å². The van der Waals surface area contributed by atoms with Crippen molar-refractivity contribution in [2.45, 2.75) is 45.9 Å². The van der Waals surface area contributed by atoms with E-state index in [1.54, 1.807) is 0 Å².